The molecule has 29 heavy (non-hydrogen) atoms. The molecular formula is C18H12F3N5O3. The third-order valence-electron chi connectivity index (χ3n) is 4.00. The number of nitrogens with zero attached hydrogens (tertiary/aromatic N) is 3. The number of imidazole rings is 1. The monoisotopic (exact) mass is 403 g/mol. The fourth-order valence-corrected chi connectivity index (χ4v) is 2.86. The summed E-state index contributed by atoms with van der Waals surface area (Å²) in [5.74, 6) is -0.634. The number of benzene rings is 2. The van der Waals surface area contributed by atoms with Crippen molar-refractivity contribution in [1.29, 1.82) is 0 Å². The topological polar surface area (TPSA) is 119 Å². The summed E-state index contributed by atoms with van der Waals surface area (Å²) in [7, 11) is 0. The fraction of sp³-hybridized carbons (Fsp3) is 0.0556. The van der Waals surface area contributed by atoms with Crippen LogP contribution in [0.5, 0.6) is 11.5 Å². The molecule has 0 atom stereocenters. The highest BCUT2D eigenvalue weighted by Gasteiger charge is 2.32. The lowest BCUT2D eigenvalue weighted by atomic mass is 10.2. The molecule has 0 fully saturated rings. The van der Waals surface area contributed by atoms with Crippen LogP contribution in [0.3, 0.4) is 0 Å². The van der Waals surface area contributed by atoms with Crippen LogP contribution < -0.4 is 16.2 Å². The number of nitrogens with two attached hydrogens (primary N) is 1. The van der Waals surface area contributed by atoms with Gasteiger partial charge in [-0.2, -0.15) is 0 Å². The molecular weight excluding hydrogens is 391 g/mol. The first-order valence-corrected chi connectivity index (χ1v) is 8.16. The average molecular weight is 403 g/mol. The van der Waals surface area contributed by atoms with E-state index in [9.17, 15) is 23.1 Å². The number of hydrogen-bond donors (Lipinski definition) is 3. The molecule has 0 bridgehead atoms. The first-order valence-electron chi connectivity index (χ1n) is 8.16. The summed E-state index contributed by atoms with van der Waals surface area (Å²) in [6.07, 6.45) is -4.95. The number of para-hydroxylation sites is 2. The van der Waals surface area contributed by atoms with E-state index >= 15 is 0 Å². The molecule has 0 aliphatic heterocycles. The van der Waals surface area contributed by atoms with Crippen LogP contribution in [-0.2, 0) is 0 Å². The minimum absolute atomic E-state index is 0.0415. The van der Waals surface area contributed by atoms with E-state index in [1.165, 1.54) is 30.3 Å². The van der Waals surface area contributed by atoms with E-state index in [-0.39, 0.29) is 34.2 Å². The fourth-order valence-electron chi connectivity index (χ4n) is 2.86. The first kappa shape index (κ1) is 18.3. The summed E-state index contributed by atoms with van der Waals surface area (Å²) in [5, 5.41) is 9.67. The number of rotatable bonds is 3. The molecule has 2 aromatic carbocycles. The van der Waals surface area contributed by atoms with Crippen molar-refractivity contribution < 1.29 is 23.0 Å². The van der Waals surface area contributed by atoms with E-state index in [0.717, 1.165) is 10.6 Å². The van der Waals surface area contributed by atoms with Gasteiger partial charge in [-0.25, -0.2) is 19.3 Å². The predicted molar refractivity (Wildman–Crippen MR) is 97.7 cm³/mol. The number of anilines is 1. The quantitative estimate of drug-likeness (QED) is 0.484. The van der Waals surface area contributed by atoms with Crippen LogP contribution in [0.1, 0.15) is 0 Å². The van der Waals surface area contributed by atoms with E-state index in [2.05, 4.69) is 19.7 Å². The van der Waals surface area contributed by atoms with Crippen LogP contribution in [-0.4, -0.2) is 31.0 Å². The van der Waals surface area contributed by atoms with Crippen LogP contribution in [0.2, 0.25) is 0 Å². The number of hydrogen-bond acceptors (Lipinski definition) is 6. The molecule has 2 aromatic heterocycles. The number of aromatic nitrogens is 4. The number of nitrogens with one attached hydrogen (secondary N) is 1. The van der Waals surface area contributed by atoms with Crippen LogP contribution in [0.4, 0.5) is 19.0 Å². The Hall–Kier alpha value is -4.02. The van der Waals surface area contributed by atoms with Crippen LogP contribution in [0.15, 0.2) is 53.3 Å². The Labute approximate surface area is 160 Å². The molecule has 4 N–H and O–H groups in total. The van der Waals surface area contributed by atoms with Crippen LogP contribution in [0, 0.1) is 0 Å². The van der Waals surface area contributed by atoms with Gasteiger partial charge in [0, 0.05) is 5.56 Å². The van der Waals surface area contributed by atoms with Crippen molar-refractivity contribution in [2.75, 3.05) is 5.73 Å². The van der Waals surface area contributed by atoms with Gasteiger partial charge in [-0.1, -0.05) is 24.3 Å². The Morgan fingerprint density at radius 3 is 2.59 bits per heavy atom. The van der Waals surface area contributed by atoms with Gasteiger partial charge in [0.2, 0.25) is 0 Å². The molecule has 2 heterocycles. The molecule has 0 aliphatic rings. The Morgan fingerprint density at radius 1 is 1.10 bits per heavy atom. The average Bonchev–Trinajstić information content (AvgIpc) is 2.97. The summed E-state index contributed by atoms with van der Waals surface area (Å²) >= 11 is 0. The van der Waals surface area contributed by atoms with Gasteiger partial charge in [0.1, 0.15) is 11.3 Å². The number of aromatic amines is 1. The maximum absolute atomic E-state index is 12.8. The molecule has 11 heteroatoms. The van der Waals surface area contributed by atoms with Crippen molar-refractivity contribution >= 4 is 17.0 Å². The second-order valence-electron chi connectivity index (χ2n) is 5.96. The Morgan fingerprint density at radius 2 is 1.86 bits per heavy atom. The Kier molecular flexibility index (Phi) is 4.14. The van der Waals surface area contributed by atoms with Gasteiger partial charge in [0.15, 0.2) is 23.0 Å². The third-order valence-corrected chi connectivity index (χ3v) is 4.00. The zero-order valence-corrected chi connectivity index (χ0v) is 14.4. The summed E-state index contributed by atoms with van der Waals surface area (Å²) in [6.45, 7) is 0. The molecule has 0 radical (unpaired) electrons. The number of halogens is 3. The number of aromatic hydroxyl groups is 1. The normalized spacial score (nSPS) is 11.7. The molecule has 4 aromatic rings. The second-order valence-corrected chi connectivity index (χ2v) is 5.96. The minimum Gasteiger partial charge on any atom is -0.508 e. The lowest BCUT2D eigenvalue weighted by molar-refractivity contribution is -0.274. The standard InChI is InChI=1S/C18H12F3N5O3/c19-18(20,21)29-12-7-2-1-6-11(12)26-16-13(23-17(26)28)14(22)24-15(25-16)9-4-3-5-10(27)8-9/h1-8,27H,(H,23,28)(H2,22,24,25). The van der Waals surface area contributed by atoms with Gasteiger partial charge in [0.25, 0.3) is 0 Å². The molecule has 0 saturated heterocycles. The van der Waals surface area contributed by atoms with Gasteiger partial charge in [-0.05, 0) is 24.3 Å². The number of alkyl halides is 3. The summed E-state index contributed by atoms with van der Waals surface area (Å²) in [5.41, 5.74) is 5.39. The molecule has 8 nitrogen and oxygen atoms in total. The number of H-pyrrole nitrogens is 1. The second kappa shape index (κ2) is 6.55. The highest BCUT2D eigenvalue weighted by atomic mass is 19.4. The minimum atomic E-state index is -4.95. The molecule has 0 aliphatic carbocycles. The molecule has 0 amide bonds. The van der Waals surface area contributed by atoms with Crippen LogP contribution in [0.25, 0.3) is 28.2 Å². The molecule has 148 valence electrons. The predicted octanol–water partition coefficient (Wildman–Crippen LogP) is 2.96. The van der Waals surface area contributed by atoms with Crippen molar-refractivity contribution in [3.05, 3.63) is 59.0 Å². The van der Waals surface area contributed by atoms with Crippen molar-refractivity contribution in [3.63, 3.8) is 0 Å². The van der Waals surface area contributed by atoms with Crippen molar-refractivity contribution in [1.82, 2.24) is 19.5 Å². The summed E-state index contributed by atoms with van der Waals surface area (Å²) in [4.78, 5) is 23.3. The van der Waals surface area contributed by atoms with E-state index in [0.29, 0.717) is 5.56 Å². The van der Waals surface area contributed by atoms with Crippen LogP contribution >= 0.6 is 0 Å². The number of nitrogen functional groups attached to an aromatic ring is 1. The van der Waals surface area contributed by atoms with E-state index in [4.69, 9.17) is 5.73 Å². The van der Waals surface area contributed by atoms with Gasteiger partial charge >= 0.3 is 12.1 Å². The first-order chi connectivity index (χ1) is 13.7. The summed E-state index contributed by atoms with van der Waals surface area (Å²) < 4.78 is 43.3. The zero-order chi connectivity index (χ0) is 20.8. The molecule has 0 spiro atoms. The highest BCUT2D eigenvalue weighted by Crippen LogP contribution is 2.31. The Bertz CT molecular complexity index is 1280. The van der Waals surface area contributed by atoms with Gasteiger partial charge < -0.3 is 20.6 Å². The largest absolute Gasteiger partial charge is 0.573 e. The maximum atomic E-state index is 12.8. The van der Waals surface area contributed by atoms with Crippen molar-refractivity contribution in [2.24, 2.45) is 0 Å². The number of ether oxygens (including phenoxy) is 1. The van der Waals surface area contributed by atoms with E-state index in [1.807, 2.05) is 0 Å². The third kappa shape index (κ3) is 3.45. The lowest BCUT2D eigenvalue weighted by Crippen LogP contribution is -2.21. The van der Waals surface area contributed by atoms with Gasteiger partial charge in [-0.15, -0.1) is 13.2 Å². The molecule has 0 unspecified atom stereocenters. The van der Waals surface area contributed by atoms with Crippen molar-refractivity contribution in [2.45, 2.75) is 6.36 Å². The zero-order valence-electron chi connectivity index (χ0n) is 14.4. The van der Waals surface area contributed by atoms with Crippen molar-refractivity contribution in [3.8, 4) is 28.6 Å². The number of phenolic OH excluding ortho intramolecular Hbond substituents is 1. The van der Waals surface area contributed by atoms with Gasteiger partial charge in [-0.3, -0.25) is 0 Å². The SMILES string of the molecule is Nc1nc(-c2cccc(O)c2)nc2c1[nH]c(=O)n2-c1ccccc1OC(F)(F)F. The maximum Gasteiger partial charge on any atom is 0.573 e. The number of fused-ring (bicyclic) bond motifs is 1. The Balaban J connectivity index is 1.98. The van der Waals surface area contributed by atoms with Gasteiger partial charge in [0.05, 0.1) is 5.69 Å². The van der Waals surface area contributed by atoms with E-state index in [1.54, 1.807) is 12.1 Å². The smallest absolute Gasteiger partial charge is 0.508 e. The lowest BCUT2D eigenvalue weighted by Gasteiger charge is -2.13. The van der Waals surface area contributed by atoms with E-state index < -0.39 is 17.8 Å². The highest BCUT2D eigenvalue weighted by molar-refractivity contribution is 5.85. The molecule has 4 rings (SSSR count). The summed E-state index contributed by atoms with van der Waals surface area (Å²) in [6, 6.07) is 11.1. The molecule has 0 saturated carbocycles. The number of phenols is 1.